The first-order valence-electron chi connectivity index (χ1n) is 7.82. The molecule has 5 heteroatoms. The van der Waals surface area contributed by atoms with E-state index >= 15 is 0 Å². The van der Waals surface area contributed by atoms with Crippen molar-refractivity contribution >= 4 is 11.0 Å². The standard InChI is InChI=1S/C19H20F2N2O/c1-19(2,3)11-23-16-8-6-13(10-17(16)22(4)18(23)24)12-5-7-14(20)15(21)9-12/h5-10H,11H2,1-4H3. The van der Waals surface area contributed by atoms with Gasteiger partial charge in [-0.3, -0.25) is 9.13 Å². The molecule has 0 fully saturated rings. The fraction of sp³-hybridized carbons (Fsp3) is 0.316. The lowest BCUT2D eigenvalue weighted by molar-refractivity contribution is 0.342. The van der Waals surface area contributed by atoms with Crippen LogP contribution in [-0.4, -0.2) is 9.13 Å². The van der Waals surface area contributed by atoms with Crippen LogP contribution in [0.3, 0.4) is 0 Å². The lowest BCUT2D eigenvalue weighted by Crippen LogP contribution is -2.27. The molecule has 0 spiro atoms. The van der Waals surface area contributed by atoms with Gasteiger partial charge in [-0.15, -0.1) is 0 Å². The van der Waals surface area contributed by atoms with E-state index in [0.717, 1.165) is 22.7 Å². The van der Waals surface area contributed by atoms with Gasteiger partial charge in [-0.25, -0.2) is 13.6 Å². The SMILES string of the molecule is Cn1c(=O)n(CC(C)(C)C)c2ccc(-c3ccc(F)c(F)c3)cc21. The van der Waals surface area contributed by atoms with Gasteiger partial charge < -0.3 is 0 Å². The van der Waals surface area contributed by atoms with E-state index in [2.05, 4.69) is 20.8 Å². The van der Waals surface area contributed by atoms with Crippen molar-refractivity contribution in [3.8, 4) is 11.1 Å². The second kappa shape index (κ2) is 5.58. The molecule has 0 aliphatic heterocycles. The molecule has 1 heterocycles. The van der Waals surface area contributed by atoms with Crippen molar-refractivity contribution in [1.82, 2.24) is 9.13 Å². The van der Waals surface area contributed by atoms with E-state index in [1.165, 1.54) is 12.1 Å². The number of hydrogen-bond acceptors (Lipinski definition) is 1. The summed E-state index contributed by atoms with van der Waals surface area (Å²) in [6.45, 7) is 6.84. The molecule has 0 aliphatic carbocycles. The van der Waals surface area contributed by atoms with Gasteiger partial charge in [0.15, 0.2) is 11.6 Å². The van der Waals surface area contributed by atoms with Crippen LogP contribution in [0.2, 0.25) is 0 Å². The molecular formula is C19H20F2N2O. The Morgan fingerprint density at radius 2 is 1.54 bits per heavy atom. The maximum absolute atomic E-state index is 13.5. The first-order valence-corrected chi connectivity index (χ1v) is 7.82. The van der Waals surface area contributed by atoms with Crippen LogP contribution < -0.4 is 5.69 Å². The third-order valence-corrected chi connectivity index (χ3v) is 4.03. The Balaban J connectivity index is 2.17. The van der Waals surface area contributed by atoms with Gasteiger partial charge in [0.25, 0.3) is 0 Å². The molecule has 126 valence electrons. The highest BCUT2D eigenvalue weighted by atomic mass is 19.2. The lowest BCUT2D eigenvalue weighted by Gasteiger charge is -2.18. The van der Waals surface area contributed by atoms with Crippen LogP contribution >= 0.6 is 0 Å². The summed E-state index contributed by atoms with van der Waals surface area (Å²) in [5, 5.41) is 0. The molecule has 0 unspecified atom stereocenters. The van der Waals surface area contributed by atoms with Crippen molar-refractivity contribution in [2.45, 2.75) is 27.3 Å². The van der Waals surface area contributed by atoms with E-state index in [9.17, 15) is 13.6 Å². The summed E-state index contributed by atoms with van der Waals surface area (Å²) >= 11 is 0. The second-order valence-corrected chi connectivity index (χ2v) is 7.32. The van der Waals surface area contributed by atoms with Crippen molar-refractivity contribution in [3.05, 3.63) is 58.5 Å². The van der Waals surface area contributed by atoms with Gasteiger partial charge in [0, 0.05) is 13.6 Å². The van der Waals surface area contributed by atoms with E-state index in [1.54, 1.807) is 16.2 Å². The number of halogens is 2. The van der Waals surface area contributed by atoms with Crippen molar-refractivity contribution in [2.24, 2.45) is 12.5 Å². The summed E-state index contributed by atoms with van der Waals surface area (Å²) in [5.74, 6) is -1.75. The third kappa shape index (κ3) is 2.86. The van der Waals surface area contributed by atoms with Crippen molar-refractivity contribution in [3.63, 3.8) is 0 Å². The normalized spacial score (nSPS) is 12.1. The zero-order chi connectivity index (χ0) is 17.6. The molecule has 0 bridgehead atoms. The van der Waals surface area contributed by atoms with Gasteiger partial charge in [0.1, 0.15) is 0 Å². The minimum Gasteiger partial charge on any atom is -0.295 e. The van der Waals surface area contributed by atoms with E-state index in [1.807, 2.05) is 18.2 Å². The average molecular weight is 330 g/mol. The maximum atomic E-state index is 13.5. The Labute approximate surface area is 139 Å². The Hall–Kier alpha value is -2.43. The first-order chi connectivity index (χ1) is 11.2. The molecule has 3 nitrogen and oxygen atoms in total. The van der Waals surface area contributed by atoms with Crippen LogP contribution in [0.15, 0.2) is 41.2 Å². The summed E-state index contributed by atoms with van der Waals surface area (Å²) in [4.78, 5) is 12.5. The molecule has 24 heavy (non-hydrogen) atoms. The van der Waals surface area contributed by atoms with Gasteiger partial charge in [-0.1, -0.05) is 32.9 Å². The number of rotatable bonds is 2. The van der Waals surface area contributed by atoms with Crippen LogP contribution in [0.4, 0.5) is 8.78 Å². The van der Waals surface area contributed by atoms with E-state index in [4.69, 9.17) is 0 Å². The highest BCUT2D eigenvalue weighted by Gasteiger charge is 2.18. The average Bonchev–Trinajstić information content (AvgIpc) is 2.73. The highest BCUT2D eigenvalue weighted by Crippen LogP contribution is 2.26. The van der Waals surface area contributed by atoms with E-state index < -0.39 is 11.6 Å². The number of hydrogen-bond donors (Lipinski definition) is 0. The number of benzene rings is 2. The predicted molar refractivity (Wildman–Crippen MR) is 92.0 cm³/mol. The maximum Gasteiger partial charge on any atom is 0.328 e. The molecule has 0 atom stereocenters. The van der Waals surface area contributed by atoms with Crippen LogP contribution in [0, 0.1) is 17.0 Å². The molecule has 0 saturated heterocycles. The number of aryl methyl sites for hydroxylation is 1. The molecule has 0 aliphatic rings. The number of nitrogens with zero attached hydrogens (tertiary/aromatic N) is 2. The van der Waals surface area contributed by atoms with Crippen molar-refractivity contribution in [1.29, 1.82) is 0 Å². The van der Waals surface area contributed by atoms with Crippen molar-refractivity contribution in [2.75, 3.05) is 0 Å². The number of imidazole rings is 1. The first kappa shape index (κ1) is 16.4. The Bertz CT molecular complexity index is 977. The summed E-state index contributed by atoms with van der Waals surface area (Å²) in [7, 11) is 1.72. The zero-order valence-electron chi connectivity index (χ0n) is 14.2. The third-order valence-electron chi connectivity index (χ3n) is 4.03. The monoisotopic (exact) mass is 330 g/mol. The van der Waals surface area contributed by atoms with Gasteiger partial charge >= 0.3 is 5.69 Å². The smallest absolute Gasteiger partial charge is 0.295 e. The molecule has 0 radical (unpaired) electrons. The van der Waals surface area contributed by atoms with Gasteiger partial charge in [0.2, 0.25) is 0 Å². The van der Waals surface area contributed by atoms with Gasteiger partial charge in [-0.2, -0.15) is 0 Å². The summed E-state index contributed by atoms with van der Waals surface area (Å²) in [6.07, 6.45) is 0. The van der Waals surface area contributed by atoms with Gasteiger partial charge in [-0.05, 0) is 40.8 Å². The molecule has 3 aromatic rings. The Morgan fingerprint density at radius 3 is 2.17 bits per heavy atom. The summed E-state index contributed by atoms with van der Waals surface area (Å²) in [5.41, 5.74) is 2.81. The van der Waals surface area contributed by atoms with Crippen molar-refractivity contribution < 1.29 is 8.78 Å². The molecule has 3 rings (SSSR count). The fourth-order valence-electron chi connectivity index (χ4n) is 2.89. The van der Waals surface area contributed by atoms with Crippen LogP contribution in [0.5, 0.6) is 0 Å². The largest absolute Gasteiger partial charge is 0.328 e. The van der Waals surface area contributed by atoms with Crippen LogP contribution in [0.1, 0.15) is 20.8 Å². The zero-order valence-corrected chi connectivity index (χ0v) is 14.2. The quantitative estimate of drug-likeness (QED) is 0.687. The number of fused-ring (bicyclic) bond motifs is 1. The molecular weight excluding hydrogens is 310 g/mol. The Kier molecular flexibility index (Phi) is 3.82. The molecule has 0 saturated carbocycles. The lowest BCUT2D eigenvalue weighted by atomic mass is 9.97. The molecule has 2 aromatic carbocycles. The Morgan fingerprint density at radius 1 is 0.917 bits per heavy atom. The van der Waals surface area contributed by atoms with Crippen LogP contribution in [0.25, 0.3) is 22.2 Å². The summed E-state index contributed by atoms with van der Waals surface area (Å²) in [6, 6.07) is 9.33. The van der Waals surface area contributed by atoms with Gasteiger partial charge in [0.05, 0.1) is 11.0 Å². The summed E-state index contributed by atoms with van der Waals surface area (Å²) < 4.78 is 29.9. The van der Waals surface area contributed by atoms with E-state index in [-0.39, 0.29) is 11.1 Å². The number of aromatic nitrogens is 2. The predicted octanol–water partition coefficient (Wildman–Crippen LogP) is 4.33. The second-order valence-electron chi connectivity index (χ2n) is 7.32. The van der Waals surface area contributed by atoms with Crippen LogP contribution in [-0.2, 0) is 13.6 Å². The minimum atomic E-state index is -0.883. The molecule has 1 aromatic heterocycles. The topological polar surface area (TPSA) is 26.9 Å². The minimum absolute atomic E-state index is 0.0309. The molecule has 0 N–H and O–H groups in total. The molecule has 0 amide bonds. The van der Waals surface area contributed by atoms with E-state index in [0.29, 0.717) is 12.1 Å². The fourth-order valence-corrected chi connectivity index (χ4v) is 2.89. The highest BCUT2D eigenvalue weighted by molar-refractivity contribution is 5.82.